The maximum absolute atomic E-state index is 8.54. The predicted molar refractivity (Wildman–Crippen MR) is 50.5 cm³/mol. The van der Waals surface area contributed by atoms with Gasteiger partial charge in [0.25, 0.3) is 0 Å². The van der Waals surface area contributed by atoms with Gasteiger partial charge in [0.1, 0.15) is 11.9 Å². The summed E-state index contributed by atoms with van der Waals surface area (Å²) in [6.45, 7) is 2.01. The summed E-state index contributed by atoms with van der Waals surface area (Å²) in [5.74, 6) is 0.922. The molecule has 1 aliphatic heterocycles. The number of aryl methyl sites for hydroxylation is 1. The van der Waals surface area contributed by atoms with E-state index >= 15 is 0 Å². The van der Waals surface area contributed by atoms with E-state index in [1.807, 2.05) is 13.0 Å². The molecule has 2 heterocycles. The molecule has 74 valence electrons. The smallest absolute Gasteiger partial charge is 0.135 e. The van der Waals surface area contributed by atoms with E-state index < -0.39 is 0 Å². The molecule has 0 N–H and O–H groups in total. The molecule has 2 atom stereocenters. The van der Waals surface area contributed by atoms with Crippen LogP contribution in [0, 0.1) is 18.3 Å². The summed E-state index contributed by atoms with van der Waals surface area (Å²) in [6.07, 6.45) is 4.24. The summed E-state index contributed by atoms with van der Waals surface area (Å²) in [4.78, 5) is 0. The lowest BCUT2D eigenvalue weighted by Crippen LogP contribution is -2.05. The fourth-order valence-electron chi connectivity index (χ4n) is 1.86. The van der Waals surface area contributed by atoms with Crippen molar-refractivity contribution in [3.05, 3.63) is 23.7 Å². The SMILES string of the molecule is Cc1ccoc1C1CCC(CC#N)O1. The molecule has 0 bridgehead atoms. The highest BCUT2D eigenvalue weighted by molar-refractivity contribution is 5.17. The van der Waals surface area contributed by atoms with Crippen molar-refractivity contribution in [1.29, 1.82) is 5.26 Å². The van der Waals surface area contributed by atoms with Crippen LogP contribution in [0.5, 0.6) is 0 Å². The van der Waals surface area contributed by atoms with Crippen molar-refractivity contribution in [3.8, 4) is 6.07 Å². The highest BCUT2D eigenvalue weighted by Gasteiger charge is 2.29. The average molecular weight is 191 g/mol. The minimum atomic E-state index is 0.0587. The van der Waals surface area contributed by atoms with Crippen LogP contribution in [0.3, 0.4) is 0 Å². The molecule has 0 saturated carbocycles. The van der Waals surface area contributed by atoms with Crippen molar-refractivity contribution in [2.75, 3.05) is 0 Å². The van der Waals surface area contributed by atoms with Crippen molar-refractivity contribution in [1.82, 2.24) is 0 Å². The molecule has 1 aromatic heterocycles. The van der Waals surface area contributed by atoms with E-state index in [0.717, 1.165) is 24.2 Å². The van der Waals surface area contributed by atoms with Gasteiger partial charge in [0.05, 0.1) is 24.9 Å². The fourth-order valence-corrected chi connectivity index (χ4v) is 1.86. The Morgan fingerprint density at radius 1 is 1.57 bits per heavy atom. The molecule has 1 aliphatic rings. The van der Waals surface area contributed by atoms with Crippen LogP contribution in [0.2, 0.25) is 0 Å². The standard InChI is InChI=1S/C11H13NO2/c1-8-5-7-13-11(8)10-3-2-9(14-10)4-6-12/h5,7,9-10H,2-4H2,1H3. The topological polar surface area (TPSA) is 46.2 Å². The van der Waals surface area contributed by atoms with E-state index in [9.17, 15) is 0 Å². The largest absolute Gasteiger partial charge is 0.466 e. The van der Waals surface area contributed by atoms with Crippen LogP contribution < -0.4 is 0 Å². The molecule has 3 nitrogen and oxygen atoms in total. The first kappa shape index (κ1) is 9.29. The maximum atomic E-state index is 8.54. The molecule has 3 heteroatoms. The lowest BCUT2D eigenvalue weighted by molar-refractivity contribution is 0.0346. The summed E-state index contributed by atoms with van der Waals surface area (Å²) in [5.41, 5.74) is 1.13. The normalized spacial score (nSPS) is 26.3. The second-order valence-electron chi connectivity index (χ2n) is 3.65. The summed E-state index contributed by atoms with van der Waals surface area (Å²) < 4.78 is 11.1. The first-order valence-electron chi connectivity index (χ1n) is 4.87. The van der Waals surface area contributed by atoms with Crippen LogP contribution in [0.15, 0.2) is 16.7 Å². The number of nitrogens with zero attached hydrogens (tertiary/aromatic N) is 1. The Morgan fingerprint density at radius 3 is 3.07 bits per heavy atom. The summed E-state index contributed by atoms with van der Waals surface area (Å²) in [6, 6.07) is 4.08. The molecule has 0 aromatic carbocycles. The Kier molecular flexibility index (Phi) is 2.55. The van der Waals surface area contributed by atoms with Gasteiger partial charge in [-0.3, -0.25) is 0 Å². The summed E-state index contributed by atoms with van der Waals surface area (Å²) >= 11 is 0. The fraction of sp³-hybridized carbons (Fsp3) is 0.545. The van der Waals surface area contributed by atoms with Crippen molar-refractivity contribution >= 4 is 0 Å². The second kappa shape index (κ2) is 3.85. The van der Waals surface area contributed by atoms with Gasteiger partial charge in [0, 0.05) is 0 Å². The summed E-state index contributed by atoms with van der Waals surface area (Å²) in [5, 5.41) is 8.54. The number of rotatable bonds is 2. The zero-order valence-electron chi connectivity index (χ0n) is 8.19. The van der Waals surface area contributed by atoms with Gasteiger partial charge in [-0.15, -0.1) is 0 Å². The van der Waals surface area contributed by atoms with Crippen LogP contribution in [0.25, 0.3) is 0 Å². The number of ether oxygens (including phenoxy) is 1. The van der Waals surface area contributed by atoms with E-state index in [4.69, 9.17) is 14.4 Å². The number of hydrogen-bond donors (Lipinski definition) is 0. The van der Waals surface area contributed by atoms with Gasteiger partial charge in [-0.2, -0.15) is 5.26 Å². The Balaban J connectivity index is 2.03. The molecule has 1 fully saturated rings. The molecular formula is C11H13NO2. The van der Waals surface area contributed by atoms with Crippen LogP contribution >= 0.6 is 0 Å². The molecular weight excluding hydrogens is 178 g/mol. The molecule has 0 spiro atoms. The zero-order chi connectivity index (χ0) is 9.97. The second-order valence-corrected chi connectivity index (χ2v) is 3.65. The molecule has 0 amide bonds. The molecule has 1 saturated heterocycles. The van der Waals surface area contributed by atoms with Gasteiger partial charge in [-0.25, -0.2) is 0 Å². The van der Waals surface area contributed by atoms with E-state index in [0.29, 0.717) is 6.42 Å². The van der Waals surface area contributed by atoms with Crippen LogP contribution in [0.4, 0.5) is 0 Å². The quantitative estimate of drug-likeness (QED) is 0.722. The predicted octanol–water partition coefficient (Wildman–Crippen LogP) is 2.72. The Bertz CT molecular complexity index is 350. The average Bonchev–Trinajstić information content (AvgIpc) is 2.74. The van der Waals surface area contributed by atoms with Crippen molar-refractivity contribution in [3.63, 3.8) is 0 Å². The maximum Gasteiger partial charge on any atom is 0.135 e. The van der Waals surface area contributed by atoms with Gasteiger partial charge in [0.15, 0.2) is 0 Å². The Labute approximate surface area is 83.3 Å². The third kappa shape index (κ3) is 1.66. The Morgan fingerprint density at radius 2 is 2.43 bits per heavy atom. The molecule has 14 heavy (non-hydrogen) atoms. The van der Waals surface area contributed by atoms with Gasteiger partial charge in [-0.1, -0.05) is 0 Å². The summed E-state index contributed by atoms with van der Waals surface area (Å²) in [7, 11) is 0. The van der Waals surface area contributed by atoms with Gasteiger partial charge in [-0.05, 0) is 31.4 Å². The Hall–Kier alpha value is -1.27. The number of nitriles is 1. The van der Waals surface area contributed by atoms with Gasteiger partial charge in [0.2, 0.25) is 0 Å². The van der Waals surface area contributed by atoms with Crippen molar-refractivity contribution in [2.45, 2.75) is 38.4 Å². The minimum absolute atomic E-state index is 0.0587. The third-order valence-electron chi connectivity index (χ3n) is 2.62. The van der Waals surface area contributed by atoms with Crippen molar-refractivity contribution in [2.24, 2.45) is 0 Å². The first-order valence-corrected chi connectivity index (χ1v) is 4.87. The highest BCUT2D eigenvalue weighted by Crippen LogP contribution is 2.35. The zero-order valence-corrected chi connectivity index (χ0v) is 8.19. The van der Waals surface area contributed by atoms with Crippen LogP contribution in [-0.2, 0) is 4.74 Å². The number of hydrogen-bond acceptors (Lipinski definition) is 3. The van der Waals surface area contributed by atoms with E-state index in [2.05, 4.69) is 6.07 Å². The lowest BCUT2D eigenvalue weighted by Gasteiger charge is -2.09. The van der Waals surface area contributed by atoms with E-state index in [-0.39, 0.29) is 12.2 Å². The molecule has 2 unspecified atom stereocenters. The first-order chi connectivity index (χ1) is 6.81. The van der Waals surface area contributed by atoms with E-state index in [1.165, 1.54) is 0 Å². The number of furan rings is 1. The lowest BCUT2D eigenvalue weighted by atomic mass is 10.1. The van der Waals surface area contributed by atoms with Crippen molar-refractivity contribution < 1.29 is 9.15 Å². The molecule has 1 aromatic rings. The molecule has 0 radical (unpaired) electrons. The van der Waals surface area contributed by atoms with Crippen LogP contribution in [0.1, 0.15) is 36.7 Å². The third-order valence-corrected chi connectivity index (χ3v) is 2.62. The van der Waals surface area contributed by atoms with Gasteiger partial charge >= 0.3 is 0 Å². The molecule has 2 rings (SSSR count). The highest BCUT2D eigenvalue weighted by atomic mass is 16.5. The minimum Gasteiger partial charge on any atom is -0.466 e. The van der Waals surface area contributed by atoms with Gasteiger partial charge < -0.3 is 9.15 Å². The monoisotopic (exact) mass is 191 g/mol. The van der Waals surface area contributed by atoms with Crippen LogP contribution in [-0.4, -0.2) is 6.10 Å². The molecule has 0 aliphatic carbocycles. The van der Waals surface area contributed by atoms with E-state index in [1.54, 1.807) is 6.26 Å².